The molecule has 2 aliphatic rings. The van der Waals surface area contributed by atoms with Crippen molar-refractivity contribution < 1.29 is 9.90 Å². The van der Waals surface area contributed by atoms with Crippen molar-refractivity contribution in [2.45, 2.75) is 43.4 Å². The highest BCUT2D eigenvalue weighted by Gasteiger charge is 2.48. The molecule has 1 unspecified atom stereocenters. The molecule has 1 amide bonds. The summed E-state index contributed by atoms with van der Waals surface area (Å²) in [4.78, 5) is 10.5. The van der Waals surface area contributed by atoms with E-state index in [4.69, 9.17) is 5.11 Å². The number of fused-ring (bicyclic) bond motifs is 2. The Hall–Kier alpha value is -1.51. The summed E-state index contributed by atoms with van der Waals surface area (Å²) in [5.74, 6) is 0.527. The van der Waals surface area contributed by atoms with Crippen molar-refractivity contribution in [3.8, 4) is 0 Å². The van der Waals surface area contributed by atoms with Gasteiger partial charge in [-0.3, -0.25) is 0 Å². The Morgan fingerprint density at radius 1 is 1.33 bits per heavy atom. The van der Waals surface area contributed by atoms with E-state index in [1.54, 1.807) is 0 Å². The first kappa shape index (κ1) is 11.6. The van der Waals surface area contributed by atoms with E-state index in [0.717, 1.165) is 6.42 Å². The first-order valence-corrected chi connectivity index (χ1v) is 6.77. The topological polar surface area (TPSA) is 49.3 Å². The fourth-order valence-corrected chi connectivity index (χ4v) is 3.40. The van der Waals surface area contributed by atoms with Crippen LogP contribution in [0, 0.1) is 0 Å². The van der Waals surface area contributed by atoms with Crippen molar-refractivity contribution >= 4 is 6.09 Å². The maximum Gasteiger partial charge on any atom is 0.404 e. The van der Waals surface area contributed by atoms with Crippen LogP contribution >= 0.6 is 0 Å². The number of carboxylic acid groups (broad SMARTS) is 1. The molecule has 1 fully saturated rings. The fraction of sp³-hybridized carbons (Fsp3) is 0.533. The van der Waals surface area contributed by atoms with Gasteiger partial charge < -0.3 is 10.4 Å². The molecule has 1 spiro atoms. The fourth-order valence-electron chi connectivity index (χ4n) is 3.40. The number of benzene rings is 1. The number of nitrogens with one attached hydrogen (secondary N) is 1. The van der Waals surface area contributed by atoms with Gasteiger partial charge in [-0.2, -0.15) is 0 Å². The number of hydrogen-bond acceptors (Lipinski definition) is 1. The lowest BCUT2D eigenvalue weighted by Crippen LogP contribution is -2.26. The molecule has 0 saturated heterocycles. The summed E-state index contributed by atoms with van der Waals surface area (Å²) in [6.45, 7) is 0.557. The van der Waals surface area contributed by atoms with Gasteiger partial charge in [0.05, 0.1) is 0 Å². The summed E-state index contributed by atoms with van der Waals surface area (Å²) in [5, 5.41) is 11.1. The van der Waals surface area contributed by atoms with Crippen LogP contribution in [-0.2, 0) is 5.41 Å². The average molecular weight is 245 g/mol. The van der Waals surface area contributed by atoms with Crippen molar-refractivity contribution in [1.29, 1.82) is 0 Å². The molecule has 3 heteroatoms. The van der Waals surface area contributed by atoms with Gasteiger partial charge in [-0.1, -0.05) is 24.3 Å². The van der Waals surface area contributed by atoms with E-state index in [1.807, 2.05) is 0 Å². The van der Waals surface area contributed by atoms with Crippen molar-refractivity contribution in [2.75, 3.05) is 6.54 Å². The van der Waals surface area contributed by atoms with E-state index in [-0.39, 0.29) is 0 Å². The van der Waals surface area contributed by atoms with Gasteiger partial charge in [0, 0.05) is 6.54 Å². The van der Waals surface area contributed by atoms with Crippen LogP contribution in [0.5, 0.6) is 0 Å². The largest absolute Gasteiger partial charge is 0.465 e. The summed E-state index contributed by atoms with van der Waals surface area (Å²) in [6, 6.07) is 8.76. The molecular weight excluding hydrogens is 226 g/mol. The Balaban J connectivity index is 1.75. The van der Waals surface area contributed by atoms with Gasteiger partial charge in [-0.05, 0) is 54.6 Å². The van der Waals surface area contributed by atoms with Gasteiger partial charge in [0.25, 0.3) is 0 Å². The van der Waals surface area contributed by atoms with Gasteiger partial charge in [-0.15, -0.1) is 0 Å². The van der Waals surface area contributed by atoms with Crippen molar-refractivity contribution in [1.82, 2.24) is 5.32 Å². The lowest BCUT2D eigenvalue weighted by molar-refractivity contribution is 0.194. The molecule has 18 heavy (non-hydrogen) atoms. The average Bonchev–Trinajstić information content (AvgIpc) is 3.13. The smallest absolute Gasteiger partial charge is 0.404 e. The van der Waals surface area contributed by atoms with Gasteiger partial charge in [0.2, 0.25) is 0 Å². The second-order valence-electron chi connectivity index (χ2n) is 5.62. The lowest BCUT2D eigenvalue weighted by atomic mass is 9.73. The Kier molecular flexibility index (Phi) is 2.77. The normalized spacial score (nSPS) is 23.4. The quantitative estimate of drug-likeness (QED) is 0.858. The highest BCUT2D eigenvalue weighted by atomic mass is 16.4. The summed E-state index contributed by atoms with van der Waals surface area (Å²) in [6.07, 6.45) is 5.16. The minimum atomic E-state index is -0.919. The lowest BCUT2D eigenvalue weighted by Gasteiger charge is -2.31. The molecule has 0 radical (unpaired) electrons. The third kappa shape index (κ3) is 1.98. The molecule has 1 saturated carbocycles. The van der Waals surface area contributed by atoms with Gasteiger partial charge >= 0.3 is 6.09 Å². The minimum Gasteiger partial charge on any atom is -0.465 e. The molecule has 2 N–H and O–H groups in total. The van der Waals surface area contributed by atoms with Crippen LogP contribution in [0.4, 0.5) is 4.79 Å². The SMILES string of the molecule is O=C(O)NCCC1CCC2(CC2)c2ccccc21. The van der Waals surface area contributed by atoms with Crippen LogP contribution in [0.3, 0.4) is 0 Å². The van der Waals surface area contributed by atoms with Crippen LogP contribution in [0.15, 0.2) is 24.3 Å². The molecule has 96 valence electrons. The van der Waals surface area contributed by atoms with Gasteiger partial charge in [0.1, 0.15) is 0 Å². The van der Waals surface area contributed by atoms with Gasteiger partial charge in [0.15, 0.2) is 0 Å². The minimum absolute atomic E-state index is 0.493. The zero-order valence-corrected chi connectivity index (χ0v) is 10.5. The van der Waals surface area contributed by atoms with Crippen LogP contribution in [0.1, 0.15) is 49.1 Å². The molecule has 3 nitrogen and oxygen atoms in total. The second kappa shape index (κ2) is 4.30. The standard InChI is InChI=1S/C15H19NO2/c17-14(18)16-10-6-11-5-7-15(8-9-15)13-4-2-1-3-12(11)13/h1-4,11,16H,5-10H2,(H,17,18). The molecule has 1 atom stereocenters. The molecular formula is C15H19NO2. The molecule has 0 aliphatic heterocycles. The number of carbonyl (C=O) groups is 1. The van der Waals surface area contributed by atoms with Gasteiger partial charge in [-0.25, -0.2) is 4.79 Å². The zero-order chi connectivity index (χ0) is 12.6. The molecule has 1 aromatic rings. The van der Waals surface area contributed by atoms with Crippen molar-refractivity contribution in [3.63, 3.8) is 0 Å². The Labute approximate surface area is 107 Å². The van der Waals surface area contributed by atoms with Crippen molar-refractivity contribution in [3.05, 3.63) is 35.4 Å². The van der Waals surface area contributed by atoms with E-state index >= 15 is 0 Å². The third-order valence-corrected chi connectivity index (χ3v) is 4.57. The number of hydrogen-bond donors (Lipinski definition) is 2. The van der Waals surface area contributed by atoms with Crippen molar-refractivity contribution in [2.24, 2.45) is 0 Å². The summed E-state index contributed by atoms with van der Waals surface area (Å²) < 4.78 is 0. The predicted molar refractivity (Wildman–Crippen MR) is 70.0 cm³/mol. The molecule has 3 rings (SSSR count). The highest BCUT2D eigenvalue weighted by molar-refractivity contribution is 5.64. The Bertz CT molecular complexity index is 465. The third-order valence-electron chi connectivity index (χ3n) is 4.57. The molecule has 2 aliphatic carbocycles. The highest BCUT2D eigenvalue weighted by Crippen LogP contribution is 2.57. The van der Waals surface area contributed by atoms with Crippen LogP contribution in [-0.4, -0.2) is 17.7 Å². The van der Waals surface area contributed by atoms with E-state index in [1.165, 1.54) is 36.8 Å². The molecule has 0 bridgehead atoms. The predicted octanol–water partition coefficient (Wildman–Crippen LogP) is 3.25. The Morgan fingerprint density at radius 2 is 2.11 bits per heavy atom. The molecule has 0 aromatic heterocycles. The second-order valence-corrected chi connectivity index (χ2v) is 5.62. The summed E-state index contributed by atoms with van der Waals surface area (Å²) >= 11 is 0. The number of amides is 1. The first-order valence-electron chi connectivity index (χ1n) is 6.77. The zero-order valence-electron chi connectivity index (χ0n) is 10.5. The first-order chi connectivity index (χ1) is 8.71. The van der Waals surface area contributed by atoms with E-state index in [0.29, 0.717) is 17.9 Å². The monoisotopic (exact) mass is 245 g/mol. The molecule has 0 heterocycles. The molecule has 1 aromatic carbocycles. The van der Waals surface area contributed by atoms with Crippen LogP contribution in [0.2, 0.25) is 0 Å². The summed E-state index contributed by atoms with van der Waals surface area (Å²) in [7, 11) is 0. The maximum atomic E-state index is 10.5. The number of rotatable bonds is 3. The van der Waals surface area contributed by atoms with E-state index in [2.05, 4.69) is 29.6 Å². The van der Waals surface area contributed by atoms with Crippen LogP contribution in [0.25, 0.3) is 0 Å². The van der Waals surface area contributed by atoms with Crippen LogP contribution < -0.4 is 5.32 Å². The van der Waals surface area contributed by atoms with E-state index in [9.17, 15) is 4.79 Å². The van der Waals surface area contributed by atoms with E-state index < -0.39 is 6.09 Å². The Morgan fingerprint density at radius 3 is 2.83 bits per heavy atom. The maximum absolute atomic E-state index is 10.5. The summed E-state index contributed by atoms with van der Waals surface area (Å²) in [5.41, 5.74) is 3.50.